The molecule has 1 saturated heterocycles. The molecule has 2 aliphatic heterocycles. The van der Waals surface area contributed by atoms with E-state index in [-0.39, 0.29) is 11.9 Å². The summed E-state index contributed by atoms with van der Waals surface area (Å²) in [4.78, 5) is 8.90. The normalized spacial score (nSPS) is 17.7. The first-order valence-electron chi connectivity index (χ1n) is 7.34. The van der Waals surface area contributed by atoms with E-state index in [2.05, 4.69) is 5.32 Å². The van der Waals surface area contributed by atoms with Crippen molar-refractivity contribution in [3.8, 4) is 5.75 Å². The Kier molecular flexibility index (Phi) is 6.00. The molecule has 5 nitrogen and oxygen atoms in total. The van der Waals surface area contributed by atoms with Gasteiger partial charge in [-0.05, 0) is 23.3 Å². The van der Waals surface area contributed by atoms with Crippen LogP contribution in [-0.4, -0.2) is 36.6 Å². The van der Waals surface area contributed by atoms with Gasteiger partial charge in [-0.2, -0.15) is 13.2 Å². The van der Waals surface area contributed by atoms with Crippen LogP contribution in [0.1, 0.15) is 24.0 Å². The average molecular weight is 351 g/mol. The van der Waals surface area contributed by atoms with Crippen molar-refractivity contribution in [2.45, 2.75) is 38.2 Å². The lowest BCUT2D eigenvalue weighted by molar-refractivity contribution is -0.192. The molecule has 0 saturated carbocycles. The van der Waals surface area contributed by atoms with Crippen molar-refractivity contribution in [1.82, 2.24) is 5.32 Å². The number of carboxylic acids is 1. The number of benzene rings is 1. The van der Waals surface area contributed by atoms with E-state index in [0.717, 1.165) is 37.1 Å². The maximum Gasteiger partial charge on any atom is 0.490 e. The molecule has 1 fully saturated rings. The van der Waals surface area contributed by atoms with Crippen molar-refractivity contribution in [3.05, 3.63) is 29.1 Å². The Bertz CT molecular complexity index is 586. The van der Waals surface area contributed by atoms with Crippen LogP contribution in [0.3, 0.4) is 0 Å². The first kappa shape index (κ1) is 18.5. The van der Waals surface area contributed by atoms with Gasteiger partial charge in [0.25, 0.3) is 0 Å². The molecule has 0 atom stereocenters. The van der Waals surface area contributed by atoms with Crippen molar-refractivity contribution in [2.24, 2.45) is 0 Å². The fourth-order valence-corrected chi connectivity index (χ4v) is 2.36. The summed E-state index contributed by atoms with van der Waals surface area (Å²) in [6.07, 6.45) is -3.31. The minimum atomic E-state index is -5.08. The van der Waals surface area contributed by atoms with Gasteiger partial charge in [0, 0.05) is 25.9 Å². The summed E-state index contributed by atoms with van der Waals surface area (Å²) in [7, 11) is 0. The largest absolute Gasteiger partial charge is 0.490 e. The third-order valence-corrected chi connectivity index (χ3v) is 3.59. The number of carboxylic acid groups (broad SMARTS) is 1. The fourth-order valence-electron chi connectivity index (χ4n) is 2.36. The summed E-state index contributed by atoms with van der Waals surface area (Å²) in [5, 5.41) is 10.3. The maximum atomic E-state index is 13.8. The molecule has 1 aromatic rings. The van der Waals surface area contributed by atoms with Gasteiger partial charge in [-0.25, -0.2) is 9.18 Å². The molecule has 0 radical (unpaired) electrons. The second-order valence-electron chi connectivity index (χ2n) is 5.39. The molecule has 3 rings (SSSR count). The van der Waals surface area contributed by atoms with E-state index in [9.17, 15) is 17.6 Å². The van der Waals surface area contributed by atoms with Crippen LogP contribution in [0.2, 0.25) is 0 Å². The predicted molar refractivity (Wildman–Crippen MR) is 75.1 cm³/mol. The van der Waals surface area contributed by atoms with E-state index in [0.29, 0.717) is 19.0 Å². The van der Waals surface area contributed by atoms with Crippen molar-refractivity contribution >= 4 is 5.97 Å². The molecule has 1 aromatic carbocycles. The molecule has 0 bridgehead atoms. The van der Waals surface area contributed by atoms with Crippen LogP contribution in [0.4, 0.5) is 17.6 Å². The first-order chi connectivity index (χ1) is 11.3. The fraction of sp³-hybridized carbons (Fsp3) is 0.533. The molecule has 2 aliphatic rings. The lowest BCUT2D eigenvalue weighted by Crippen LogP contribution is -2.26. The minimum absolute atomic E-state index is 0.0886. The number of alkyl halides is 3. The standard InChI is InChI=1S/C13H16FNO2.C2HF3O2/c14-12-5-9-7-15-8-10(9)6-13(12)17-11-1-3-16-4-2-11;3-2(4,5)1(6)7/h5-6,11,15H,1-4,7-8H2;(H,6,7). The number of carbonyl (C=O) groups is 1. The van der Waals surface area contributed by atoms with Crippen molar-refractivity contribution < 1.29 is 36.9 Å². The zero-order chi connectivity index (χ0) is 17.7. The number of hydrogen-bond acceptors (Lipinski definition) is 4. The van der Waals surface area contributed by atoms with Crippen LogP contribution in [0.25, 0.3) is 0 Å². The second kappa shape index (κ2) is 7.80. The lowest BCUT2D eigenvalue weighted by atomic mass is 10.1. The van der Waals surface area contributed by atoms with Gasteiger partial charge in [0.15, 0.2) is 11.6 Å². The first-order valence-corrected chi connectivity index (χ1v) is 7.34. The molecule has 0 aliphatic carbocycles. The van der Waals surface area contributed by atoms with Crippen LogP contribution in [0.15, 0.2) is 12.1 Å². The number of rotatable bonds is 2. The number of fused-ring (bicyclic) bond motifs is 1. The van der Waals surface area contributed by atoms with Gasteiger partial charge < -0.3 is 19.9 Å². The Labute approximate surface area is 135 Å². The van der Waals surface area contributed by atoms with E-state index in [1.54, 1.807) is 6.07 Å². The smallest absolute Gasteiger partial charge is 0.487 e. The summed E-state index contributed by atoms with van der Waals surface area (Å²) in [5.74, 6) is -2.62. The number of ether oxygens (including phenoxy) is 2. The quantitative estimate of drug-likeness (QED) is 0.802. The van der Waals surface area contributed by atoms with Crippen LogP contribution in [0.5, 0.6) is 5.75 Å². The highest BCUT2D eigenvalue weighted by Crippen LogP contribution is 2.27. The zero-order valence-electron chi connectivity index (χ0n) is 12.7. The molecule has 0 spiro atoms. The predicted octanol–water partition coefficient (Wildman–Crippen LogP) is 2.62. The van der Waals surface area contributed by atoms with E-state index in [4.69, 9.17) is 19.4 Å². The highest BCUT2D eigenvalue weighted by molar-refractivity contribution is 5.73. The zero-order valence-corrected chi connectivity index (χ0v) is 12.7. The van der Waals surface area contributed by atoms with Gasteiger partial charge in [0.05, 0.1) is 13.2 Å². The SMILES string of the molecule is Fc1cc2c(cc1OC1CCOCC1)CNC2.O=C(O)C(F)(F)F. The average Bonchev–Trinajstić information content (AvgIpc) is 2.95. The number of halogens is 4. The number of nitrogens with one attached hydrogen (secondary N) is 1. The molecule has 0 amide bonds. The highest BCUT2D eigenvalue weighted by Gasteiger charge is 2.38. The van der Waals surface area contributed by atoms with Crippen molar-refractivity contribution in [3.63, 3.8) is 0 Å². The molecule has 24 heavy (non-hydrogen) atoms. The van der Waals surface area contributed by atoms with E-state index < -0.39 is 12.1 Å². The summed E-state index contributed by atoms with van der Waals surface area (Å²) in [6.45, 7) is 2.97. The molecular formula is C15H17F4NO4. The van der Waals surface area contributed by atoms with E-state index in [1.807, 2.05) is 6.07 Å². The second-order valence-corrected chi connectivity index (χ2v) is 5.39. The molecule has 134 valence electrons. The van der Waals surface area contributed by atoms with Crippen molar-refractivity contribution in [2.75, 3.05) is 13.2 Å². The topological polar surface area (TPSA) is 67.8 Å². The lowest BCUT2D eigenvalue weighted by Gasteiger charge is -2.23. The molecule has 9 heteroatoms. The number of aliphatic carboxylic acids is 1. The summed E-state index contributed by atoms with van der Waals surface area (Å²) < 4.78 is 56.5. The Hall–Kier alpha value is -1.87. The summed E-state index contributed by atoms with van der Waals surface area (Å²) >= 11 is 0. The number of hydrogen-bond donors (Lipinski definition) is 2. The van der Waals surface area contributed by atoms with Gasteiger partial charge in [-0.15, -0.1) is 0 Å². The highest BCUT2D eigenvalue weighted by atomic mass is 19.4. The maximum absolute atomic E-state index is 13.8. The molecule has 2 N–H and O–H groups in total. The third kappa shape index (κ3) is 5.07. The Balaban J connectivity index is 0.000000256. The Morgan fingerprint density at radius 2 is 1.75 bits per heavy atom. The summed E-state index contributed by atoms with van der Waals surface area (Å²) in [6, 6.07) is 3.42. The van der Waals surface area contributed by atoms with Gasteiger partial charge >= 0.3 is 12.1 Å². The van der Waals surface area contributed by atoms with Crippen LogP contribution < -0.4 is 10.1 Å². The monoisotopic (exact) mass is 351 g/mol. The molecular weight excluding hydrogens is 334 g/mol. The molecule has 0 aromatic heterocycles. The minimum Gasteiger partial charge on any atom is -0.487 e. The third-order valence-electron chi connectivity index (χ3n) is 3.59. The van der Waals surface area contributed by atoms with Gasteiger partial charge in [-0.3, -0.25) is 0 Å². The molecule has 0 unspecified atom stereocenters. The van der Waals surface area contributed by atoms with Crippen LogP contribution in [0, 0.1) is 5.82 Å². The van der Waals surface area contributed by atoms with Gasteiger partial charge in [-0.1, -0.05) is 0 Å². The van der Waals surface area contributed by atoms with E-state index in [1.165, 1.54) is 0 Å². The Morgan fingerprint density at radius 1 is 1.21 bits per heavy atom. The van der Waals surface area contributed by atoms with Gasteiger partial charge in [0.1, 0.15) is 6.10 Å². The summed E-state index contributed by atoms with van der Waals surface area (Å²) in [5.41, 5.74) is 2.19. The van der Waals surface area contributed by atoms with Crippen LogP contribution >= 0.6 is 0 Å². The van der Waals surface area contributed by atoms with Crippen molar-refractivity contribution in [1.29, 1.82) is 0 Å². The molecule has 2 heterocycles. The van der Waals surface area contributed by atoms with E-state index >= 15 is 0 Å². The van der Waals surface area contributed by atoms with Gasteiger partial charge in [0.2, 0.25) is 0 Å². The van der Waals surface area contributed by atoms with Crippen LogP contribution in [-0.2, 0) is 22.6 Å². The Morgan fingerprint density at radius 3 is 2.29 bits per heavy atom.